The van der Waals surface area contributed by atoms with Gasteiger partial charge in [-0.05, 0) is 47.9 Å². The van der Waals surface area contributed by atoms with Gasteiger partial charge in [-0.2, -0.15) is 0 Å². The van der Waals surface area contributed by atoms with Crippen LogP contribution in [-0.2, 0) is 7.05 Å². The van der Waals surface area contributed by atoms with E-state index < -0.39 is 6.04 Å². The van der Waals surface area contributed by atoms with E-state index in [9.17, 15) is 9.59 Å². The number of fused-ring (bicyclic) bond motifs is 1. The third-order valence-corrected chi connectivity index (χ3v) is 5.27. The minimum absolute atomic E-state index is 0.304. The normalized spacial score (nSPS) is 12.2. The quantitative estimate of drug-likeness (QED) is 0.523. The van der Waals surface area contributed by atoms with E-state index in [1.54, 1.807) is 25.2 Å². The molecule has 4 aromatic rings. The van der Waals surface area contributed by atoms with Crippen LogP contribution in [0.2, 0.25) is 5.02 Å². The summed E-state index contributed by atoms with van der Waals surface area (Å²) in [5.74, 6) is 0. The van der Waals surface area contributed by atoms with Gasteiger partial charge in [0.1, 0.15) is 0 Å². The fourth-order valence-electron chi connectivity index (χ4n) is 3.58. The maximum absolute atomic E-state index is 13.4. The molecule has 1 aromatic heterocycles. The number of benzene rings is 3. The van der Waals surface area contributed by atoms with E-state index in [4.69, 9.17) is 11.6 Å². The lowest BCUT2D eigenvalue weighted by Crippen LogP contribution is -2.42. The molecule has 0 aliphatic carbocycles. The zero-order valence-electron chi connectivity index (χ0n) is 15.6. The van der Waals surface area contributed by atoms with Crippen LogP contribution in [0.3, 0.4) is 0 Å². The van der Waals surface area contributed by atoms with Crippen molar-refractivity contribution in [3.63, 3.8) is 0 Å². The Bertz CT molecular complexity index is 1270. The van der Waals surface area contributed by atoms with Crippen molar-refractivity contribution in [2.24, 2.45) is 7.05 Å². The van der Waals surface area contributed by atoms with Crippen molar-refractivity contribution in [3.05, 3.63) is 115 Å². The van der Waals surface area contributed by atoms with Gasteiger partial charge in [-0.25, -0.2) is 9.36 Å². The molecule has 0 aliphatic rings. The van der Waals surface area contributed by atoms with Crippen molar-refractivity contribution < 1.29 is 0 Å². The van der Waals surface area contributed by atoms with E-state index in [-0.39, 0.29) is 11.2 Å². The minimum Gasteiger partial charge on any atom is -0.296 e. The van der Waals surface area contributed by atoms with Gasteiger partial charge in [0.25, 0.3) is 5.56 Å². The van der Waals surface area contributed by atoms with Crippen LogP contribution in [0.15, 0.2) is 82.4 Å². The Morgan fingerprint density at radius 3 is 2.18 bits per heavy atom. The van der Waals surface area contributed by atoms with Crippen molar-refractivity contribution in [3.8, 4) is 0 Å². The zero-order valence-corrected chi connectivity index (χ0v) is 16.4. The standard InChI is InChI=1S/C23H19ClN2O2/c1-15-8-13-19-20(14-15)25(2)23(28)26(22(19)27)21(16-6-4-3-5-7-16)17-9-11-18(24)12-10-17/h3-14,21H,1-2H3. The molecule has 0 saturated carbocycles. The number of halogens is 1. The number of aromatic nitrogens is 2. The van der Waals surface area contributed by atoms with E-state index in [2.05, 4.69) is 0 Å². The van der Waals surface area contributed by atoms with Gasteiger partial charge in [-0.1, -0.05) is 60.1 Å². The molecule has 0 bridgehead atoms. The maximum Gasteiger partial charge on any atom is 0.332 e. The molecule has 4 rings (SSSR count). The maximum atomic E-state index is 13.4. The molecule has 28 heavy (non-hydrogen) atoms. The highest BCUT2D eigenvalue weighted by atomic mass is 35.5. The second-order valence-electron chi connectivity index (χ2n) is 6.90. The summed E-state index contributed by atoms with van der Waals surface area (Å²) in [7, 11) is 1.70. The van der Waals surface area contributed by atoms with Gasteiger partial charge in [0.15, 0.2) is 0 Å². The van der Waals surface area contributed by atoms with Crippen LogP contribution in [0.25, 0.3) is 10.9 Å². The summed E-state index contributed by atoms with van der Waals surface area (Å²) < 4.78 is 2.87. The smallest absolute Gasteiger partial charge is 0.296 e. The van der Waals surface area contributed by atoms with Crippen LogP contribution in [0.1, 0.15) is 22.7 Å². The number of hydrogen-bond donors (Lipinski definition) is 0. The summed E-state index contributed by atoms with van der Waals surface area (Å²) in [6.07, 6.45) is 0. The summed E-state index contributed by atoms with van der Waals surface area (Å²) in [6, 6.07) is 21.8. The second-order valence-corrected chi connectivity index (χ2v) is 7.34. The van der Waals surface area contributed by atoms with E-state index >= 15 is 0 Å². The third-order valence-electron chi connectivity index (χ3n) is 5.02. The Morgan fingerprint density at radius 1 is 0.857 bits per heavy atom. The molecular formula is C23H19ClN2O2. The molecule has 1 atom stereocenters. The van der Waals surface area contributed by atoms with E-state index in [1.807, 2.05) is 61.5 Å². The van der Waals surface area contributed by atoms with Gasteiger partial charge in [0, 0.05) is 12.1 Å². The monoisotopic (exact) mass is 390 g/mol. The first kappa shape index (κ1) is 18.3. The van der Waals surface area contributed by atoms with Gasteiger partial charge in [0.2, 0.25) is 0 Å². The molecule has 1 heterocycles. The molecule has 140 valence electrons. The molecule has 0 aliphatic heterocycles. The molecular weight excluding hydrogens is 372 g/mol. The molecule has 4 nitrogen and oxygen atoms in total. The van der Waals surface area contributed by atoms with Crippen LogP contribution in [-0.4, -0.2) is 9.13 Å². The Labute approximate surface area is 167 Å². The Morgan fingerprint density at radius 2 is 1.50 bits per heavy atom. The van der Waals surface area contributed by atoms with E-state index in [1.165, 1.54) is 9.13 Å². The average molecular weight is 391 g/mol. The molecule has 0 fully saturated rings. The molecule has 0 N–H and O–H groups in total. The van der Waals surface area contributed by atoms with Crippen molar-refractivity contribution in [1.82, 2.24) is 9.13 Å². The van der Waals surface area contributed by atoms with Crippen molar-refractivity contribution in [1.29, 1.82) is 0 Å². The van der Waals surface area contributed by atoms with E-state index in [0.29, 0.717) is 15.9 Å². The molecule has 0 amide bonds. The highest BCUT2D eigenvalue weighted by Crippen LogP contribution is 2.26. The van der Waals surface area contributed by atoms with Gasteiger partial charge in [-0.3, -0.25) is 9.36 Å². The van der Waals surface area contributed by atoms with Crippen molar-refractivity contribution >= 4 is 22.5 Å². The molecule has 1 unspecified atom stereocenters. The van der Waals surface area contributed by atoms with E-state index in [0.717, 1.165) is 16.7 Å². The van der Waals surface area contributed by atoms with Crippen LogP contribution in [0.4, 0.5) is 0 Å². The van der Waals surface area contributed by atoms with Gasteiger partial charge in [-0.15, -0.1) is 0 Å². The Balaban J connectivity index is 2.09. The lowest BCUT2D eigenvalue weighted by molar-refractivity contribution is 0.588. The molecule has 3 aromatic carbocycles. The zero-order chi connectivity index (χ0) is 19.8. The van der Waals surface area contributed by atoms with Crippen LogP contribution < -0.4 is 11.2 Å². The Kier molecular flexibility index (Phi) is 4.65. The van der Waals surface area contributed by atoms with Gasteiger partial charge >= 0.3 is 5.69 Å². The van der Waals surface area contributed by atoms with Crippen molar-refractivity contribution in [2.75, 3.05) is 0 Å². The van der Waals surface area contributed by atoms with Crippen LogP contribution in [0, 0.1) is 6.92 Å². The predicted molar refractivity (Wildman–Crippen MR) is 113 cm³/mol. The number of hydrogen-bond acceptors (Lipinski definition) is 2. The van der Waals surface area contributed by atoms with Crippen molar-refractivity contribution in [2.45, 2.75) is 13.0 Å². The predicted octanol–water partition coefficient (Wildman–Crippen LogP) is 4.30. The topological polar surface area (TPSA) is 44.0 Å². The first-order valence-electron chi connectivity index (χ1n) is 8.99. The minimum atomic E-state index is -0.546. The largest absolute Gasteiger partial charge is 0.332 e. The summed E-state index contributed by atoms with van der Waals surface area (Å²) in [5, 5.41) is 1.12. The highest BCUT2D eigenvalue weighted by molar-refractivity contribution is 6.30. The number of aryl methyl sites for hydroxylation is 2. The summed E-state index contributed by atoms with van der Waals surface area (Å²) in [4.78, 5) is 26.7. The molecule has 0 spiro atoms. The fourth-order valence-corrected chi connectivity index (χ4v) is 3.71. The summed E-state index contributed by atoms with van der Waals surface area (Å²) in [6.45, 7) is 1.94. The summed E-state index contributed by atoms with van der Waals surface area (Å²) >= 11 is 6.05. The number of rotatable bonds is 3. The molecule has 0 saturated heterocycles. The van der Waals surface area contributed by atoms with Crippen LogP contribution in [0.5, 0.6) is 0 Å². The SMILES string of the molecule is Cc1ccc2c(=O)n(C(c3ccccc3)c3ccc(Cl)cc3)c(=O)n(C)c2c1. The Hall–Kier alpha value is -3.11. The first-order valence-corrected chi connectivity index (χ1v) is 9.37. The lowest BCUT2D eigenvalue weighted by atomic mass is 9.98. The summed E-state index contributed by atoms with van der Waals surface area (Å²) in [5.41, 5.74) is 2.65. The molecule has 5 heteroatoms. The molecule has 0 radical (unpaired) electrons. The number of nitrogens with zero attached hydrogens (tertiary/aromatic N) is 2. The lowest BCUT2D eigenvalue weighted by Gasteiger charge is -2.22. The second kappa shape index (κ2) is 7.13. The highest BCUT2D eigenvalue weighted by Gasteiger charge is 2.22. The average Bonchev–Trinajstić information content (AvgIpc) is 2.71. The fraction of sp³-hybridized carbons (Fsp3) is 0.130. The van der Waals surface area contributed by atoms with Crippen LogP contribution >= 0.6 is 11.6 Å². The van der Waals surface area contributed by atoms with Gasteiger partial charge < -0.3 is 0 Å². The third kappa shape index (κ3) is 3.06. The first-order chi connectivity index (χ1) is 13.5. The van der Waals surface area contributed by atoms with Gasteiger partial charge in [0.05, 0.1) is 16.9 Å².